The fourth-order valence-corrected chi connectivity index (χ4v) is 7.70. The van der Waals surface area contributed by atoms with Gasteiger partial charge in [-0.1, -0.05) is 29.2 Å². The van der Waals surface area contributed by atoms with Crippen LogP contribution in [0.4, 0.5) is 4.79 Å². The number of nitrogens with zero attached hydrogens (tertiary/aromatic N) is 3. The minimum Gasteiger partial charge on any atom is -0.493 e. The van der Waals surface area contributed by atoms with E-state index in [0.29, 0.717) is 58.2 Å². The van der Waals surface area contributed by atoms with E-state index < -0.39 is 34.9 Å². The van der Waals surface area contributed by atoms with Crippen LogP contribution in [-0.4, -0.2) is 83.9 Å². The molecule has 3 aliphatic rings. The van der Waals surface area contributed by atoms with Gasteiger partial charge in [0.1, 0.15) is 11.8 Å². The summed E-state index contributed by atoms with van der Waals surface area (Å²) in [5.74, 6) is -2.58. The number of benzene rings is 1. The molecule has 0 aliphatic carbocycles. The van der Waals surface area contributed by atoms with Gasteiger partial charge in [-0.2, -0.15) is 4.90 Å². The van der Waals surface area contributed by atoms with Gasteiger partial charge in [0.15, 0.2) is 11.5 Å². The molecular weight excluding hydrogens is 524 g/mol. The molecule has 14 heteroatoms. The van der Waals surface area contributed by atoms with E-state index in [-0.39, 0.29) is 17.3 Å². The highest BCUT2D eigenvalue weighted by molar-refractivity contribution is 8.00. The van der Waals surface area contributed by atoms with Crippen molar-refractivity contribution in [3.05, 3.63) is 38.3 Å². The first kappa shape index (κ1) is 25.3. The summed E-state index contributed by atoms with van der Waals surface area (Å²) in [4.78, 5) is 66.9. The third kappa shape index (κ3) is 4.18. The van der Waals surface area contributed by atoms with Gasteiger partial charge in [-0.25, -0.2) is 4.79 Å². The van der Waals surface area contributed by atoms with E-state index in [2.05, 4.69) is 0 Å². The topological polar surface area (TPSA) is 150 Å². The van der Waals surface area contributed by atoms with Crippen molar-refractivity contribution in [2.45, 2.75) is 22.7 Å². The molecule has 0 bridgehead atoms. The molecule has 4 heterocycles. The molecule has 196 valence electrons. The monoisotopic (exact) mass is 548 g/mol. The van der Waals surface area contributed by atoms with E-state index in [1.807, 2.05) is 0 Å². The van der Waals surface area contributed by atoms with Gasteiger partial charge < -0.3 is 24.8 Å². The molecule has 2 aromatic rings. The first-order valence-corrected chi connectivity index (χ1v) is 13.1. The Morgan fingerprint density at radius 3 is 2.43 bits per heavy atom. The average molecular weight is 549 g/mol. The molecule has 2 fully saturated rings. The highest BCUT2D eigenvalue weighted by Gasteiger charge is 2.58. The third-order valence-corrected chi connectivity index (χ3v) is 9.30. The second-order valence-corrected chi connectivity index (χ2v) is 10.7. The lowest BCUT2D eigenvalue weighted by Crippen LogP contribution is -2.43. The summed E-state index contributed by atoms with van der Waals surface area (Å²) in [6.07, 6.45) is 0. The Balaban J connectivity index is 1.62. The molecule has 3 atom stereocenters. The molecule has 5 amide bonds. The van der Waals surface area contributed by atoms with Crippen molar-refractivity contribution < 1.29 is 33.4 Å². The summed E-state index contributed by atoms with van der Waals surface area (Å²) in [6, 6.07) is 3.91. The number of urea groups is 1. The number of methoxy groups -OCH3 is 2. The Hall–Kier alpha value is -3.36. The van der Waals surface area contributed by atoms with Gasteiger partial charge in [-0.15, -0.1) is 0 Å². The molecular formula is C23H24N4O8S2. The minimum absolute atomic E-state index is 0.213. The lowest BCUT2D eigenvalue weighted by Gasteiger charge is -2.31. The number of thioether (sulfide) groups is 1. The average Bonchev–Trinajstić information content (AvgIpc) is 3.34. The maximum Gasteiger partial charge on any atom is 0.328 e. The van der Waals surface area contributed by atoms with Crippen molar-refractivity contribution in [1.82, 2.24) is 14.4 Å². The number of morpholine rings is 1. The minimum atomic E-state index is -1.15. The maximum atomic E-state index is 13.3. The molecule has 1 aromatic carbocycles. The zero-order chi connectivity index (χ0) is 26.4. The number of carbonyl (C=O) groups excluding carboxylic acids is 4. The Morgan fingerprint density at radius 2 is 1.78 bits per heavy atom. The molecule has 2 N–H and O–H groups in total. The van der Waals surface area contributed by atoms with Gasteiger partial charge in [-0.05, 0) is 17.7 Å². The van der Waals surface area contributed by atoms with Gasteiger partial charge in [0, 0.05) is 23.9 Å². The van der Waals surface area contributed by atoms with Gasteiger partial charge >= 0.3 is 10.9 Å². The number of fused-ring (bicyclic) bond motifs is 2. The number of rotatable bonds is 5. The van der Waals surface area contributed by atoms with Crippen LogP contribution in [0, 0.1) is 5.92 Å². The quantitative estimate of drug-likeness (QED) is 0.526. The summed E-state index contributed by atoms with van der Waals surface area (Å²) in [5.41, 5.74) is 5.96. The summed E-state index contributed by atoms with van der Waals surface area (Å²) in [6.45, 7) is 1.47. The number of amides is 5. The lowest BCUT2D eigenvalue weighted by molar-refractivity contribution is -0.137. The molecule has 2 saturated heterocycles. The zero-order valence-electron chi connectivity index (χ0n) is 20.0. The van der Waals surface area contributed by atoms with Crippen molar-refractivity contribution in [3.63, 3.8) is 0 Å². The van der Waals surface area contributed by atoms with Crippen LogP contribution in [0.2, 0.25) is 0 Å². The Morgan fingerprint density at radius 1 is 1.08 bits per heavy atom. The molecule has 3 aliphatic heterocycles. The van der Waals surface area contributed by atoms with Crippen molar-refractivity contribution in [3.8, 4) is 11.5 Å². The number of imide groups is 3. The van der Waals surface area contributed by atoms with Crippen LogP contribution >= 0.6 is 23.1 Å². The highest BCUT2D eigenvalue weighted by atomic mass is 32.2. The predicted molar refractivity (Wildman–Crippen MR) is 132 cm³/mol. The molecule has 1 aromatic heterocycles. The largest absolute Gasteiger partial charge is 0.493 e. The second kappa shape index (κ2) is 9.84. The van der Waals surface area contributed by atoms with Crippen LogP contribution < -0.4 is 20.1 Å². The first-order valence-electron chi connectivity index (χ1n) is 11.4. The summed E-state index contributed by atoms with van der Waals surface area (Å²) in [5, 5.41) is -0.575. The number of hydrogen-bond donors (Lipinski definition) is 1. The number of carbonyl (C=O) groups is 4. The predicted octanol–water partition coefficient (Wildman–Crippen LogP) is 0.456. The van der Waals surface area contributed by atoms with Crippen LogP contribution in [0.1, 0.15) is 16.4 Å². The van der Waals surface area contributed by atoms with E-state index in [0.717, 1.165) is 23.1 Å². The summed E-state index contributed by atoms with van der Waals surface area (Å²) in [7, 11) is 2.96. The van der Waals surface area contributed by atoms with Crippen LogP contribution in [0.25, 0.3) is 0 Å². The Bertz CT molecular complexity index is 1350. The number of ether oxygens (including phenoxy) is 3. The number of primary amides is 1. The van der Waals surface area contributed by atoms with Crippen molar-refractivity contribution >= 4 is 46.9 Å². The van der Waals surface area contributed by atoms with Crippen LogP contribution in [0.15, 0.2) is 28.0 Å². The fraction of sp³-hybridized carbons (Fsp3) is 0.435. The van der Waals surface area contributed by atoms with Crippen molar-refractivity contribution in [2.24, 2.45) is 11.7 Å². The van der Waals surface area contributed by atoms with Gasteiger partial charge in [-0.3, -0.25) is 23.7 Å². The number of nitrogens with two attached hydrogens (primary N) is 1. The SMILES string of the molecule is COc1ccc(C2c3sc(=O)n(CC(=O)N4CCOCC4)c3SC3C(=O)N(C(N)=O)C(=O)C32)cc1OC. The first-order chi connectivity index (χ1) is 17.8. The third-order valence-electron chi connectivity index (χ3n) is 6.69. The van der Waals surface area contributed by atoms with E-state index in [9.17, 15) is 24.0 Å². The van der Waals surface area contributed by atoms with Gasteiger partial charge in [0.25, 0.3) is 5.91 Å². The highest BCUT2D eigenvalue weighted by Crippen LogP contribution is 2.54. The van der Waals surface area contributed by atoms with Gasteiger partial charge in [0.05, 0.1) is 38.4 Å². The Kier molecular flexibility index (Phi) is 6.72. The zero-order valence-corrected chi connectivity index (χ0v) is 21.6. The summed E-state index contributed by atoms with van der Waals surface area (Å²) >= 11 is 1.93. The number of thiazole rings is 1. The molecule has 5 rings (SSSR count). The molecule has 0 radical (unpaired) electrons. The lowest BCUT2D eigenvalue weighted by atomic mass is 9.83. The van der Waals surface area contributed by atoms with E-state index in [1.165, 1.54) is 18.8 Å². The van der Waals surface area contributed by atoms with Crippen molar-refractivity contribution in [2.75, 3.05) is 40.5 Å². The van der Waals surface area contributed by atoms with E-state index in [1.54, 1.807) is 23.1 Å². The fourth-order valence-electron chi connectivity index (χ4n) is 4.93. The smallest absolute Gasteiger partial charge is 0.328 e. The van der Waals surface area contributed by atoms with Crippen LogP contribution in [0.3, 0.4) is 0 Å². The van der Waals surface area contributed by atoms with E-state index >= 15 is 0 Å². The summed E-state index contributed by atoms with van der Waals surface area (Å²) < 4.78 is 17.4. The molecule has 12 nitrogen and oxygen atoms in total. The molecule has 37 heavy (non-hydrogen) atoms. The number of likely N-dealkylation sites (tertiary alicyclic amines) is 1. The number of hydrogen-bond acceptors (Lipinski definition) is 10. The van der Waals surface area contributed by atoms with Crippen LogP contribution in [-0.2, 0) is 25.7 Å². The molecule has 0 spiro atoms. The number of aromatic nitrogens is 1. The van der Waals surface area contributed by atoms with Gasteiger partial charge in [0.2, 0.25) is 11.8 Å². The molecule has 3 unspecified atom stereocenters. The standard InChI is InChI=1S/C23H24N4O8S2/c1-33-12-4-3-11(9-13(12)34-2)15-16-17(20(30)27(19(16)29)22(24)31)36-21-18(15)37-23(32)26(21)10-14(28)25-5-7-35-8-6-25/h3-4,9,15-17H,5-8,10H2,1-2H3,(H2,24,31). The van der Waals surface area contributed by atoms with E-state index in [4.69, 9.17) is 19.9 Å². The Labute approximate surface area is 219 Å². The molecule has 0 saturated carbocycles. The van der Waals surface area contributed by atoms with Crippen molar-refractivity contribution in [1.29, 1.82) is 0 Å². The van der Waals surface area contributed by atoms with Crippen LogP contribution in [0.5, 0.6) is 11.5 Å². The maximum absolute atomic E-state index is 13.3. The second-order valence-electron chi connectivity index (χ2n) is 8.62. The normalized spacial score (nSPS) is 23.0.